The Morgan fingerprint density at radius 1 is 1.41 bits per heavy atom. The Labute approximate surface area is 139 Å². The molecule has 1 aliphatic rings. The summed E-state index contributed by atoms with van der Waals surface area (Å²) in [5.74, 6) is 0.0830. The van der Waals surface area contributed by atoms with Crippen LogP contribution in [0.2, 0.25) is 0 Å². The SMILES string of the molecule is Cc1ccccc1C(C)(C)CNC(=O)CC1COCCN1.Cl. The maximum Gasteiger partial charge on any atom is 0.221 e. The second-order valence-electron chi connectivity index (χ2n) is 6.41. The Kier molecular flexibility index (Phi) is 7.33. The van der Waals surface area contributed by atoms with E-state index in [9.17, 15) is 4.79 Å². The number of aryl methyl sites for hydroxylation is 1. The number of nitrogens with one attached hydrogen (secondary N) is 2. The summed E-state index contributed by atoms with van der Waals surface area (Å²) in [6.45, 7) is 9.27. The molecule has 1 saturated heterocycles. The fourth-order valence-electron chi connectivity index (χ4n) is 2.79. The third-order valence-electron chi connectivity index (χ3n) is 4.03. The first-order chi connectivity index (χ1) is 9.99. The van der Waals surface area contributed by atoms with Gasteiger partial charge in [0.15, 0.2) is 0 Å². The van der Waals surface area contributed by atoms with E-state index < -0.39 is 0 Å². The number of halogens is 1. The molecule has 0 bridgehead atoms. The van der Waals surface area contributed by atoms with Crippen molar-refractivity contribution in [1.29, 1.82) is 0 Å². The van der Waals surface area contributed by atoms with E-state index in [0.717, 1.165) is 13.2 Å². The van der Waals surface area contributed by atoms with Crippen molar-refractivity contribution in [3.8, 4) is 0 Å². The molecule has 1 aliphatic heterocycles. The lowest BCUT2D eigenvalue weighted by Crippen LogP contribution is -2.45. The minimum absolute atomic E-state index is 0. The molecule has 1 aromatic carbocycles. The Morgan fingerprint density at radius 2 is 2.14 bits per heavy atom. The highest BCUT2D eigenvalue weighted by molar-refractivity contribution is 5.85. The zero-order chi connectivity index (χ0) is 15.3. The number of ether oxygens (including phenoxy) is 1. The molecule has 2 rings (SSSR count). The van der Waals surface area contributed by atoms with Crippen LogP contribution in [-0.4, -0.2) is 38.3 Å². The van der Waals surface area contributed by atoms with Gasteiger partial charge in [0.25, 0.3) is 0 Å². The van der Waals surface area contributed by atoms with Crippen LogP contribution in [0.3, 0.4) is 0 Å². The summed E-state index contributed by atoms with van der Waals surface area (Å²) in [5, 5.41) is 6.36. The van der Waals surface area contributed by atoms with Crippen LogP contribution in [0.5, 0.6) is 0 Å². The molecular formula is C17H27ClN2O2. The van der Waals surface area contributed by atoms with E-state index in [2.05, 4.69) is 49.6 Å². The van der Waals surface area contributed by atoms with Gasteiger partial charge in [-0.3, -0.25) is 4.79 Å². The monoisotopic (exact) mass is 326 g/mol. The quantitative estimate of drug-likeness (QED) is 0.872. The second kappa shape index (κ2) is 8.51. The van der Waals surface area contributed by atoms with Gasteiger partial charge in [0.1, 0.15) is 0 Å². The molecule has 1 aromatic rings. The molecule has 5 heteroatoms. The maximum absolute atomic E-state index is 12.1. The van der Waals surface area contributed by atoms with Gasteiger partial charge in [-0.1, -0.05) is 38.1 Å². The smallest absolute Gasteiger partial charge is 0.221 e. The van der Waals surface area contributed by atoms with Crippen LogP contribution >= 0.6 is 12.4 Å². The van der Waals surface area contributed by atoms with Gasteiger partial charge in [0.2, 0.25) is 5.91 Å². The first-order valence-corrected chi connectivity index (χ1v) is 7.63. The molecule has 0 aliphatic carbocycles. The molecule has 0 spiro atoms. The zero-order valence-corrected chi connectivity index (χ0v) is 14.5. The number of morpholine rings is 1. The van der Waals surface area contributed by atoms with Crippen molar-refractivity contribution in [2.75, 3.05) is 26.3 Å². The molecule has 4 nitrogen and oxygen atoms in total. The first-order valence-electron chi connectivity index (χ1n) is 7.63. The molecule has 0 aromatic heterocycles. The maximum atomic E-state index is 12.1. The van der Waals surface area contributed by atoms with Crippen LogP contribution in [0.25, 0.3) is 0 Å². The van der Waals surface area contributed by atoms with Crippen LogP contribution in [0, 0.1) is 6.92 Å². The van der Waals surface area contributed by atoms with Crippen molar-refractivity contribution in [3.05, 3.63) is 35.4 Å². The van der Waals surface area contributed by atoms with Crippen molar-refractivity contribution in [2.45, 2.75) is 38.6 Å². The summed E-state index contributed by atoms with van der Waals surface area (Å²) in [6.07, 6.45) is 0.476. The zero-order valence-electron chi connectivity index (χ0n) is 13.6. The van der Waals surface area contributed by atoms with Gasteiger partial charge in [-0.15, -0.1) is 12.4 Å². The first kappa shape index (κ1) is 18.9. The average molecular weight is 327 g/mol. The van der Waals surface area contributed by atoms with Gasteiger partial charge in [-0.25, -0.2) is 0 Å². The molecular weight excluding hydrogens is 300 g/mol. The third-order valence-corrected chi connectivity index (χ3v) is 4.03. The fourth-order valence-corrected chi connectivity index (χ4v) is 2.79. The van der Waals surface area contributed by atoms with E-state index in [0.29, 0.717) is 19.6 Å². The Balaban J connectivity index is 0.00000242. The lowest BCUT2D eigenvalue weighted by Gasteiger charge is -2.28. The number of benzene rings is 1. The Bertz CT molecular complexity index is 485. The van der Waals surface area contributed by atoms with Gasteiger partial charge in [0.05, 0.1) is 13.2 Å². The summed E-state index contributed by atoms with van der Waals surface area (Å²) < 4.78 is 5.37. The molecule has 2 N–H and O–H groups in total. The molecule has 0 radical (unpaired) electrons. The molecule has 1 heterocycles. The van der Waals surface area contributed by atoms with Crippen LogP contribution < -0.4 is 10.6 Å². The molecule has 1 fully saturated rings. The Morgan fingerprint density at radius 3 is 2.77 bits per heavy atom. The van der Waals surface area contributed by atoms with Gasteiger partial charge >= 0.3 is 0 Å². The van der Waals surface area contributed by atoms with Crippen LogP contribution in [0.15, 0.2) is 24.3 Å². The average Bonchev–Trinajstić information content (AvgIpc) is 2.47. The largest absolute Gasteiger partial charge is 0.378 e. The standard InChI is InChI=1S/C17H26N2O2.ClH/c1-13-6-4-5-7-15(13)17(2,3)12-19-16(20)10-14-11-21-9-8-18-14;/h4-7,14,18H,8-12H2,1-3H3,(H,19,20);1H. The lowest BCUT2D eigenvalue weighted by molar-refractivity contribution is -0.122. The molecule has 1 atom stereocenters. The highest BCUT2D eigenvalue weighted by Crippen LogP contribution is 2.25. The molecule has 0 saturated carbocycles. The second-order valence-corrected chi connectivity index (χ2v) is 6.41. The summed E-state index contributed by atoms with van der Waals surface area (Å²) in [7, 11) is 0. The van der Waals surface area contributed by atoms with E-state index in [1.807, 2.05) is 6.07 Å². The number of rotatable bonds is 5. The van der Waals surface area contributed by atoms with E-state index >= 15 is 0 Å². The van der Waals surface area contributed by atoms with E-state index in [1.54, 1.807) is 0 Å². The van der Waals surface area contributed by atoms with Gasteiger partial charge < -0.3 is 15.4 Å². The minimum atomic E-state index is -0.0719. The summed E-state index contributed by atoms with van der Waals surface area (Å²) in [6, 6.07) is 8.48. The lowest BCUT2D eigenvalue weighted by atomic mass is 9.82. The number of amides is 1. The summed E-state index contributed by atoms with van der Waals surface area (Å²) in [5.41, 5.74) is 2.47. The van der Waals surface area contributed by atoms with Gasteiger partial charge in [0, 0.05) is 31.0 Å². The summed E-state index contributed by atoms with van der Waals surface area (Å²) in [4.78, 5) is 12.1. The third kappa shape index (κ3) is 5.27. The minimum Gasteiger partial charge on any atom is -0.378 e. The molecule has 1 amide bonds. The predicted molar refractivity (Wildman–Crippen MR) is 91.7 cm³/mol. The summed E-state index contributed by atoms with van der Waals surface area (Å²) >= 11 is 0. The van der Waals surface area contributed by atoms with Crippen molar-refractivity contribution in [2.24, 2.45) is 0 Å². The van der Waals surface area contributed by atoms with Crippen molar-refractivity contribution in [3.63, 3.8) is 0 Å². The highest BCUT2D eigenvalue weighted by atomic mass is 35.5. The van der Waals surface area contributed by atoms with Crippen LogP contribution in [0.1, 0.15) is 31.4 Å². The predicted octanol–water partition coefficient (Wildman–Crippen LogP) is 2.19. The van der Waals surface area contributed by atoms with Crippen LogP contribution in [0.4, 0.5) is 0 Å². The molecule has 22 heavy (non-hydrogen) atoms. The van der Waals surface area contributed by atoms with E-state index in [-0.39, 0.29) is 29.8 Å². The number of carbonyl (C=O) groups is 1. The van der Waals surface area contributed by atoms with Crippen molar-refractivity contribution in [1.82, 2.24) is 10.6 Å². The van der Waals surface area contributed by atoms with Gasteiger partial charge in [-0.05, 0) is 18.1 Å². The number of hydrogen-bond acceptors (Lipinski definition) is 3. The topological polar surface area (TPSA) is 50.4 Å². The number of hydrogen-bond donors (Lipinski definition) is 2. The van der Waals surface area contributed by atoms with E-state index in [1.165, 1.54) is 11.1 Å². The molecule has 124 valence electrons. The normalized spacial score (nSPS) is 18.4. The van der Waals surface area contributed by atoms with Crippen LogP contribution in [-0.2, 0) is 14.9 Å². The highest BCUT2D eigenvalue weighted by Gasteiger charge is 2.24. The van der Waals surface area contributed by atoms with Gasteiger partial charge in [-0.2, -0.15) is 0 Å². The van der Waals surface area contributed by atoms with Crippen molar-refractivity contribution >= 4 is 18.3 Å². The number of carbonyl (C=O) groups excluding carboxylic acids is 1. The van der Waals surface area contributed by atoms with E-state index in [4.69, 9.17) is 4.74 Å². The fraction of sp³-hybridized carbons (Fsp3) is 0.588. The molecule has 1 unspecified atom stereocenters. The van der Waals surface area contributed by atoms with Crippen molar-refractivity contribution < 1.29 is 9.53 Å². The Hall–Kier alpha value is -1.10.